The maximum absolute atomic E-state index is 5.68. The Balaban J connectivity index is 2.62. The molecule has 98 valence electrons. The van der Waals surface area contributed by atoms with Gasteiger partial charge in [0.2, 0.25) is 0 Å². The summed E-state index contributed by atoms with van der Waals surface area (Å²) < 4.78 is 1.16. The van der Waals surface area contributed by atoms with Gasteiger partial charge in [-0.3, -0.25) is 11.3 Å². The van der Waals surface area contributed by atoms with Crippen molar-refractivity contribution in [3.05, 3.63) is 20.8 Å². The monoisotopic (exact) mass is 318 g/mol. The van der Waals surface area contributed by atoms with Crippen molar-refractivity contribution in [1.29, 1.82) is 0 Å². The van der Waals surface area contributed by atoms with Gasteiger partial charge in [0.15, 0.2) is 0 Å². The molecule has 0 amide bonds. The van der Waals surface area contributed by atoms with Crippen LogP contribution < -0.4 is 11.3 Å². The fourth-order valence-electron chi connectivity index (χ4n) is 2.36. The summed E-state index contributed by atoms with van der Waals surface area (Å²) in [6.07, 6.45) is 2.29. The van der Waals surface area contributed by atoms with Crippen LogP contribution in [0.3, 0.4) is 0 Å². The average Bonchev–Trinajstić information content (AvgIpc) is 2.58. The fraction of sp³-hybridized carbons (Fsp3) is 0.692. The minimum atomic E-state index is 0.243. The maximum atomic E-state index is 5.68. The van der Waals surface area contributed by atoms with Gasteiger partial charge in [0.1, 0.15) is 0 Å². The van der Waals surface area contributed by atoms with Crippen molar-refractivity contribution in [3.8, 4) is 0 Å². The molecule has 3 N–H and O–H groups in total. The molecule has 17 heavy (non-hydrogen) atoms. The summed E-state index contributed by atoms with van der Waals surface area (Å²) in [7, 11) is 0. The Morgan fingerprint density at radius 1 is 1.41 bits per heavy atom. The predicted molar refractivity (Wildman–Crippen MR) is 79.9 cm³/mol. The number of rotatable bonds is 5. The van der Waals surface area contributed by atoms with Gasteiger partial charge in [-0.2, -0.15) is 11.3 Å². The molecule has 2 atom stereocenters. The Hall–Kier alpha value is 0.100. The second-order valence-corrected chi connectivity index (χ2v) is 7.60. The maximum Gasteiger partial charge on any atom is 0.0482 e. The highest BCUT2D eigenvalue weighted by Crippen LogP contribution is 2.34. The van der Waals surface area contributed by atoms with Crippen LogP contribution in [0.2, 0.25) is 0 Å². The minimum absolute atomic E-state index is 0.243. The standard InChI is InChI=1S/C13H23BrN2S/c1-9(6-13(2,3)4)5-12(16-15)10-7-17-8-11(10)14/h7-9,12,16H,5-6,15H2,1-4H3. The molecular formula is C13H23BrN2S. The number of thiophene rings is 1. The van der Waals surface area contributed by atoms with Crippen molar-refractivity contribution in [2.45, 2.75) is 46.6 Å². The van der Waals surface area contributed by atoms with E-state index in [2.05, 4.69) is 59.8 Å². The van der Waals surface area contributed by atoms with E-state index in [0.717, 1.165) is 10.9 Å². The lowest BCUT2D eigenvalue weighted by molar-refractivity contribution is 0.276. The Kier molecular flexibility index (Phi) is 5.64. The lowest BCUT2D eigenvalue weighted by Crippen LogP contribution is -2.30. The number of hydrogen-bond acceptors (Lipinski definition) is 3. The first kappa shape index (κ1) is 15.2. The molecule has 0 aliphatic carbocycles. The van der Waals surface area contributed by atoms with E-state index in [1.165, 1.54) is 12.0 Å². The van der Waals surface area contributed by atoms with Crippen LogP contribution in [0.1, 0.15) is 52.1 Å². The van der Waals surface area contributed by atoms with E-state index in [1.807, 2.05) is 0 Å². The van der Waals surface area contributed by atoms with E-state index in [-0.39, 0.29) is 6.04 Å². The van der Waals surface area contributed by atoms with E-state index >= 15 is 0 Å². The second kappa shape index (κ2) is 6.32. The first-order chi connectivity index (χ1) is 7.83. The number of halogens is 1. The van der Waals surface area contributed by atoms with E-state index in [9.17, 15) is 0 Å². The Labute approximate surface area is 117 Å². The van der Waals surface area contributed by atoms with Gasteiger partial charge in [0, 0.05) is 15.9 Å². The van der Waals surface area contributed by atoms with E-state index < -0.39 is 0 Å². The first-order valence-corrected chi connectivity index (χ1v) is 7.75. The molecule has 0 aliphatic heterocycles. The van der Waals surface area contributed by atoms with Crippen molar-refractivity contribution < 1.29 is 0 Å². The molecule has 0 bridgehead atoms. The number of hydrogen-bond donors (Lipinski definition) is 2. The molecule has 2 unspecified atom stereocenters. The van der Waals surface area contributed by atoms with E-state index in [0.29, 0.717) is 11.3 Å². The molecule has 1 aromatic heterocycles. The summed E-state index contributed by atoms with van der Waals surface area (Å²) in [5.74, 6) is 6.33. The average molecular weight is 319 g/mol. The van der Waals surface area contributed by atoms with Gasteiger partial charge < -0.3 is 0 Å². The molecule has 4 heteroatoms. The number of hydrazine groups is 1. The van der Waals surface area contributed by atoms with E-state index in [4.69, 9.17) is 5.84 Å². The molecule has 0 fully saturated rings. The van der Waals surface area contributed by atoms with Gasteiger partial charge in [-0.1, -0.05) is 27.7 Å². The molecule has 0 radical (unpaired) electrons. The Morgan fingerprint density at radius 3 is 2.47 bits per heavy atom. The summed E-state index contributed by atoms with van der Waals surface area (Å²) in [5.41, 5.74) is 4.59. The Morgan fingerprint density at radius 2 is 2.06 bits per heavy atom. The highest BCUT2D eigenvalue weighted by atomic mass is 79.9. The molecule has 0 spiro atoms. The third kappa shape index (κ3) is 5.08. The van der Waals surface area contributed by atoms with E-state index in [1.54, 1.807) is 11.3 Å². The lowest BCUT2D eigenvalue weighted by atomic mass is 9.82. The molecule has 0 saturated carbocycles. The van der Waals surface area contributed by atoms with Crippen LogP contribution in [0, 0.1) is 11.3 Å². The van der Waals surface area contributed by atoms with Crippen molar-refractivity contribution in [2.75, 3.05) is 0 Å². The molecule has 0 aromatic carbocycles. The topological polar surface area (TPSA) is 38.0 Å². The molecular weight excluding hydrogens is 296 g/mol. The Bertz CT molecular complexity index is 343. The normalized spacial score (nSPS) is 15.9. The smallest absolute Gasteiger partial charge is 0.0482 e. The van der Waals surface area contributed by atoms with Crippen molar-refractivity contribution in [3.63, 3.8) is 0 Å². The quantitative estimate of drug-likeness (QED) is 0.620. The molecule has 1 rings (SSSR count). The second-order valence-electron chi connectivity index (χ2n) is 6.00. The third-order valence-electron chi connectivity index (χ3n) is 2.82. The summed E-state index contributed by atoms with van der Waals surface area (Å²) in [6, 6.07) is 0.243. The van der Waals surface area contributed by atoms with Crippen LogP contribution in [0.4, 0.5) is 0 Å². The summed E-state index contributed by atoms with van der Waals surface area (Å²) in [5, 5.41) is 4.27. The number of nitrogens with one attached hydrogen (secondary N) is 1. The van der Waals surface area contributed by atoms with Crippen LogP contribution in [-0.2, 0) is 0 Å². The lowest BCUT2D eigenvalue weighted by Gasteiger charge is -2.26. The highest BCUT2D eigenvalue weighted by Gasteiger charge is 2.21. The highest BCUT2D eigenvalue weighted by molar-refractivity contribution is 9.10. The van der Waals surface area contributed by atoms with Crippen LogP contribution in [-0.4, -0.2) is 0 Å². The van der Waals surface area contributed by atoms with Gasteiger partial charge in [0.05, 0.1) is 0 Å². The molecule has 1 heterocycles. The number of nitrogens with two attached hydrogens (primary N) is 1. The van der Waals surface area contributed by atoms with Crippen molar-refractivity contribution in [2.24, 2.45) is 17.2 Å². The zero-order chi connectivity index (χ0) is 13.1. The van der Waals surface area contributed by atoms with Gasteiger partial charge >= 0.3 is 0 Å². The molecule has 0 aliphatic rings. The predicted octanol–water partition coefficient (Wildman–Crippen LogP) is 4.48. The van der Waals surface area contributed by atoms with Crippen LogP contribution in [0.15, 0.2) is 15.2 Å². The van der Waals surface area contributed by atoms with Crippen LogP contribution >= 0.6 is 27.3 Å². The molecule has 0 saturated heterocycles. The summed E-state index contributed by atoms with van der Waals surface area (Å²) in [4.78, 5) is 0. The van der Waals surface area contributed by atoms with Crippen LogP contribution in [0.5, 0.6) is 0 Å². The molecule has 1 aromatic rings. The van der Waals surface area contributed by atoms with Crippen molar-refractivity contribution >= 4 is 27.3 Å². The largest absolute Gasteiger partial charge is 0.271 e. The van der Waals surface area contributed by atoms with Gasteiger partial charge in [-0.05, 0) is 51.0 Å². The minimum Gasteiger partial charge on any atom is -0.271 e. The molecule has 2 nitrogen and oxygen atoms in total. The van der Waals surface area contributed by atoms with Gasteiger partial charge in [-0.25, -0.2) is 0 Å². The SMILES string of the molecule is CC(CC(NN)c1cscc1Br)CC(C)(C)C. The fourth-order valence-corrected chi connectivity index (χ4v) is 3.98. The first-order valence-electron chi connectivity index (χ1n) is 6.01. The summed E-state index contributed by atoms with van der Waals surface area (Å²) in [6.45, 7) is 9.16. The van der Waals surface area contributed by atoms with Gasteiger partial charge in [0.25, 0.3) is 0 Å². The zero-order valence-electron chi connectivity index (χ0n) is 11.1. The summed E-state index contributed by atoms with van der Waals surface area (Å²) >= 11 is 5.28. The van der Waals surface area contributed by atoms with Gasteiger partial charge in [-0.15, -0.1) is 0 Å². The van der Waals surface area contributed by atoms with Crippen LogP contribution in [0.25, 0.3) is 0 Å². The van der Waals surface area contributed by atoms with Crippen molar-refractivity contribution in [1.82, 2.24) is 5.43 Å². The zero-order valence-corrected chi connectivity index (χ0v) is 13.5. The third-order valence-corrected chi connectivity index (χ3v) is 4.57.